The van der Waals surface area contributed by atoms with Gasteiger partial charge in [-0.2, -0.15) is 0 Å². The summed E-state index contributed by atoms with van der Waals surface area (Å²) in [4.78, 5) is 22.6. The maximum Gasteiger partial charge on any atom is 0.573 e. The molecule has 0 aromatic heterocycles. The molecule has 0 heterocycles. The summed E-state index contributed by atoms with van der Waals surface area (Å²) in [6, 6.07) is 11.7. The van der Waals surface area contributed by atoms with Crippen LogP contribution in [0.1, 0.15) is 59.7 Å². The zero-order chi connectivity index (χ0) is 23.0. The van der Waals surface area contributed by atoms with Crippen LogP contribution >= 0.6 is 0 Å². The average molecular weight is 439 g/mol. The van der Waals surface area contributed by atoms with E-state index in [0.717, 1.165) is 24.1 Å². The first-order valence-corrected chi connectivity index (χ1v) is 9.74. The van der Waals surface area contributed by atoms with Crippen molar-refractivity contribution in [2.75, 3.05) is 6.54 Å². The summed E-state index contributed by atoms with van der Waals surface area (Å²) in [5.41, 5.74) is 1.57. The quantitative estimate of drug-likeness (QED) is 0.510. The van der Waals surface area contributed by atoms with Crippen LogP contribution in [-0.4, -0.2) is 35.0 Å². The number of halogens is 3. The molecule has 2 unspecified atom stereocenters. The summed E-state index contributed by atoms with van der Waals surface area (Å²) in [6.07, 6.45) is -4.55. The van der Waals surface area contributed by atoms with E-state index in [1.54, 1.807) is 24.3 Å². The lowest BCUT2D eigenvalue weighted by molar-refractivity contribution is -0.274. The number of carbonyl (C=O) groups excluding carboxylic acids is 1. The van der Waals surface area contributed by atoms with Gasteiger partial charge in [0.15, 0.2) is 0 Å². The van der Waals surface area contributed by atoms with Crippen LogP contribution in [0.3, 0.4) is 0 Å². The van der Waals surface area contributed by atoms with Crippen LogP contribution < -0.4 is 10.1 Å². The number of ether oxygens (including phenoxy) is 1. The Hall–Kier alpha value is -3.07. The van der Waals surface area contributed by atoms with Gasteiger partial charge in [0.2, 0.25) is 0 Å². The van der Waals surface area contributed by atoms with Crippen LogP contribution in [-0.2, 0) is 4.79 Å². The number of alkyl halides is 3. The molecule has 2 aromatic carbocycles. The maximum atomic E-state index is 12.3. The Balaban J connectivity index is 2.12. The van der Waals surface area contributed by atoms with E-state index in [1.165, 1.54) is 12.1 Å². The summed E-state index contributed by atoms with van der Waals surface area (Å²) >= 11 is 0. The lowest BCUT2D eigenvalue weighted by Gasteiger charge is -2.24. The monoisotopic (exact) mass is 439 g/mol. The molecule has 0 bridgehead atoms. The van der Waals surface area contributed by atoms with Crippen molar-refractivity contribution in [1.82, 2.24) is 5.32 Å². The predicted octanol–water partition coefficient (Wildman–Crippen LogP) is 4.41. The molecule has 0 aliphatic carbocycles. The van der Waals surface area contributed by atoms with E-state index < -0.39 is 24.3 Å². The van der Waals surface area contributed by atoms with Crippen molar-refractivity contribution in [2.45, 2.75) is 44.6 Å². The van der Waals surface area contributed by atoms with E-state index >= 15 is 0 Å². The topological polar surface area (TPSA) is 95.9 Å². The van der Waals surface area contributed by atoms with Crippen LogP contribution in [0.25, 0.3) is 0 Å². The molecule has 0 saturated heterocycles. The number of carboxylic acids is 1. The average Bonchev–Trinajstić information content (AvgIpc) is 2.71. The fourth-order valence-corrected chi connectivity index (χ4v) is 3.18. The molecule has 2 aromatic rings. The Morgan fingerprint density at radius 3 is 2.13 bits per heavy atom. The SMILES string of the molecule is CCCC(c1ccc(C(=O)NCCC(=O)O)cc1)C(O)c1ccc(OC(F)(F)F)cc1. The maximum absolute atomic E-state index is 12.3. The number of benzene rings is 2. The van der Waals surface area contributed by atoms with Gasteiger partial charge in [0, 0.05) is 18.0 Å². The number of amides is 1. The van der Waals surface area contributed by atoms with Gasteiger partial charge < -0.3 is 20.3 Å². The Labute approximate surface area is 177 Å². The van der Waals surface area contributed by atoms with Crippen molar-refractivity contribution < 1.29 is 37.7 Å². The second kappa shape index (κ2) is 10.8. The molecule has 0 saturated carbocycles. The minimum atomic E-state index is -4.79. The van der Waals surface area contributed by atoms with Gasteiger partial charge in [0.05, 0.1) is 12.5 Å². The first-order chi connectivity index (χ1) is 14.6. The van der Waals surface area contributed by atoms with Crippen molar-refractivity contribution in [3.05, 3.63) is 65.2 Å². The second-order valence-electron chi connectivity index (χ2n) is 6.98. The third kappa shape index (κ3) is 7.60. The van der Waals surface area contributed by atoms with Gasteiger partial charge in [-0.15, -0.1) is 13.2 Å². The molecule has 1 amide bonds. The summed E-state index contributed by atoms with van der Waals surface area (Å²) in [5.74, 6) is -2.11. The number of carboxylic acid groups (broad SMARTS) is 1. The summed E-state index contributed by atoms with van der Waals surface area (Å²) < 4.78 is 40.8. The summed E-state index contributed by atoms with van der Waals surface area (Å²) in [5, 5.41) is 22.0. The van der Waals surface area contributed by atoms with Crippen molar-refractivity contribution in [3.8, 4) is 5.75 Å². The smallest absolute Gasteiger partial charge is 0.481 e. The molecule has 0 fully saturated rings. The first kappa shape index (κ1) is 24.2. The normalized spacial score (nSPS) is 13.3. The lowest BCUT2D eigenvalue weighted by Crippen LogP contribution is -2.26. The van der Waals surface area contributed by atoms with E-state index in [-0.39, 0.29) is 24.6 Å². The molecule has 0 spiro atoms. The van der Waals surface area contributed by atoms with Crippen molar-refractivity contribution >= 4 is 11.9 Å². The highest BCUT2D eigenvalue weighted by Gasteiger charge is 2.31. The fourth-order valence-electron chi connectivity index (χ4n) is 3.18. The molecular formula is C22H24F3NO5. The Bertz CT molecular complexity index is 866. The van der Waals surface area contributed by atoms with Gasteiger partial charge >= 0.3 is 12.3 Å². The Morgan fingerprint density at radius 2 is 1.61 bits per heavy atom. The first-order valence-electron chi connectivity index (χ1n) is 9.74. The largest absolute Gasteiger partial charge is 0.573 e. The van der Waals surface area contributed by atoms with E-state index in [1.807, 2.05) is 6.92 Å². The molecule has 0 aliphatic rings. The molecule has 3 N–H and O–H groups in total. The van der Waals surface area contributed by atoms with Crippen LogP contribution in [0.5, 0.6) is 5.75 Å². The Morgan fingerprint density at radius 1 is 1.03 bits per heavy atom. The highest BCUT2D eigenvalue weighted by atomic mass is 19.4. The molecular weight excluding hydrogens is 415 g/mol. The minimum Gasteiger partial charge on any atom is -0.481 e. The molecule has 2 atom stereocenters. The van der Waals surface area contributed by atoms with E-state index in [4.69, 9.17) is 5.11 Å². The highest BCUT2D eigenvalue weighted by Crippen LogP contribution is 2.36. The number of hydrogen-bond donors (Lipinski definition) is 3. The van der Waals surface area contributed by atoms with Crippen molar-refractivity contribution in [2.24, 2.45) is 0 Å². The van der Waals surface area contributed by atoms with E-state index in [9.17, 15) is 27.9 Å². The van der Waals surface area contributed by atoms with Gasteiger partial charge in [0.25, 0.3) is 5.91 Å². The molecule has 0 aliphatic heterocycles. The molecule has 31 heavy (non-hydrogen) atoms. The third-order valence-corrected chi connectivity index (χ3v) is 4.66. The number of rotatable bonds is 10. The van der Waals surface area contributed by atoms with Gasteiger partial charge in [-0.1, -0.05) is 37.6 Å². The van der Waals surface area contributed by atoms with Gasteiger partial charge in [-0.25, -0.2) is 0 Å². The number of nitrogens with one attached hydrogen (secondary N) is 1. The summed E-state index contributed by atoms with van der Waals surface area (Å²) in [7, 11) is 0. The van der Waals surface area contributed by atoms with Gasteiger partial charge in [-0.3, -0.25) is 9.59 Å². The van der Waals surface area contributed by atoms with Crippen molar-refractivity contribution in [1.29, 1.82) is 0 Å². The predicted molar refractivity (Wildman–Crippen MR) is 107 cm³/mol. The Kier molecular flexibility index (Phi) is 8.44. The molecule has 168 valence electrons. The number of aliphatic hydroxyl groups excluding tert-OH is 1. The minimum absolute atomic E-state index is 0.0150. The molecule has 9 heteroatoms. The second-order valence-corrected chi connectivity index (χ2v) is 6.98. The van der Waals surface area contributed by atoms with Gasteiger partial charge in [0.1, 0.15) is 5.75 Å². The standard InChI is InChI=1S/C22H24F3NO5/c1-2-3-18(20(29)15-8-10-17(11-9-15)31-22(23,24)25)14-4-6-16(7-5-14)21(30)26-13-12-19(27)28/h4-11,18,20,29H,2-3,12-13H2,1H3,(H,26,30)(H,27,28). The molecule has 6 nitrogen and oxygen atoms in total. The van der Waals surface area contributed by atoms with E-state index in [0.29, 0.717) is 17.5 Å². The molecule has 0 radical (unpaired) electrons. The van der Waals surface area contributed by atoms with Crippen molar-refractivity contribution in [3.63, 3.8) is 0 Å². The number of carbonyl (C=O) groups is 2. The number of aliphatic hydroxyl groups is 1. The highest BCUT2D eigenvalue weighted by molar-refractivity contribution is 5.94. The molecule has 2 rings (SSSR count). The van der Waals surface area contributed by atoms with Crippen LogP contribution in [0.4, 0.5) is 13.2 Å². The van der Waals surface area contributed by atoms with Crippen LogP contribution in [0.2, 0.25) is 0 Å². The van der Waals surface area contributed by atoms with Crippen LogP contribution in [0, 0.1) is 0 Å². The fraction of sp³-hybridized carbons (Fsp3) is 0.364. The zero-order valence-corrected chi connectivity index (χ0v) is 16.9. The summed E-state index contributed by atoms with van der Waals surface area (Å²) in [6.45, 7) is 1.96. The van der Waals surface area contributed by atoms with Crippen LogP contribution in [0.15, 0.2) is 48.5 Å². The lowest BCUT2D eigenvalue weighted by atomic mass is 9.85. The number of hydrogen-bond acceptors (Lipinski definition) is 4. The van der Waals surface area contributed by atoms with Gasteiger partial charge in [-0.05, 0) is 41.8 Å². The zero-order valence-electron chi connectivity index (χ0n) is 16.9. The third-order valence-electron chi connectivity index (χ3n) is 4.66. The number of aliphatic carboxylic acids is 1. The van der Waals surface area contributed by atoms with E-state index in [2.05, 4.69) is 10.1 Å².